The Morgan fingerprint density at radius 1 is 0.737 bits per heavy atom. The minimum Gasteiger partial charge on any atom is -0.384 e. The number of halogens is 1. The van der Waals surface area contributed by atoms with Crippen molar-refractivity contribution in [3.63, 3.8) is 0 Å². The van der Waals surface area contributed by atoms with Crippen LogP contribution in [0.25, 0.3) is 10.8 Å². The van der Waals surface area contributed by atoms with Crippen LogP contribution in [0.4, 0.5) is 0 Å². The molecule has 0 saturated heterocycles. The summed E-state index contributed by atoms with van der Waals surface area (Å²) in [6.45, 7) is 0. The van der Waals surface area contributed by atoms with Crippen LogP contribution in [-0.4, -0.2) is 5.11 Å². The summed E-state index contributed by atoms with van der Waals surface area (Å²) in [6.07, 6.45) is -0.585. The summed E-state index contributed by atoms with van der Waals surface area (Å²) >= 11 is 3.40. The van der Waals surface area contributed by atoms with Gasteiger partial charge >= 0.3 is 0 Å². The van der Waals surface area contributed by atoms with Crippen molar-refractivity contribution in [3.05, 3.63) is 82.3 Å². The molecule has 1 atom stereocenters. The van der Waals surface area contributed by atoms with Gasteiger partial charge in [0.25, 0.3) is 0 Å². The fourth-order valence-electron chi connectivity index (χ4n) is 2.22. The monoisotopic (exact) mass is 312 g/mol. The van der Waals surface area contributed by atoms with Gasteiger partial charge in [0, 0.05) is 4.47 Å². The molecule has 1 unspecified atom stereocenters. The van der Waals surface area contributed by atoms with Gasteiger partial charge in [-0.05, 0) is 40.1 Å². The first-order chi connectivity index (χ1) is 9.24. The van der Waals surface area contributed by atoms with Crippen molar-refractivity contribution in [2.45, 2.75) is 6.10 Å². The second-order valence-corrected chi connectivity index (χ2v) is 5.48. The lowest BCUT2D eigenvalue weighted by molar-refractivity contribution is 0.220. The zero-order valence-corrected chi connectivity index (χ0v) is 11.8. The lowest BCUT2D eigenvalue weighted by Gasteiger charge is -2.12. The molecule has 0 spiro atoms. The largest absolute Gasteiger partial charge is 0.384 e. The Kier molecular flexibility index (Phi) is 3.36. The van der Waals surface area contributed by atoms with Crippen molar-refractivity contribution in [2.24, 2.45) is 0 Å². The highest BCUT2D eigenvalue weighted by atomic mass is 79.9. The first-order valence-electron chi connectivity index (χ1n) is 6.16. The summed E-state index contributed by atoms with van der Waals surface area (Å²) in [7, 11) is 0. The smallest absolute Gasteiger partial charge is 0.104 e. The number of rotatable bonds is 2. The van der Waals surface area contributed by atoms with Crippen LogP contribution in [0.2, 0.25) is 0 Å². The number of aliphatic hydroxyl groups is 1. The molecule has 0 bridgehead atoms. The van der Waals surface area contributed by atoms with Gasteiger partial charge in [0.2, 0.25) is 0 Å². The molecular formula is C17H13BrO. The molecule has 19 heavy (non-hydrogen) atoms. The molecule has 0 fully saturated rings. The quantitative estimate of drug-likeness (QED) is 0.728. The Balaban J connectivity index is 2.01. The summed E-state index contributed by atoms with van der Waals surface area (Å²) in [5.74, 6) is 0. The molecule has 3 rings (SSSR count). The van der Waals surface area contributed by atoms with Crippen molar-refractivity contribution in [1.82, 2.24) is 0 Å². The van der Waals surface area contributed by atoms with Crippen molar-refractivity contribution in [1.29, 1.82) is 0 Å². The Morgan fingerprint density at radius 3 is 2.11 bits per heavy atom. The first kappa shape index (κ1) is 12.4. The fraction of sp³-hybridized carbons (Fsp3) is 0.0588. The van der Waals surface area contributed by atoms with Gasteiger partial charge in [0.05, 0.1) is 0 Å². The molecule has 0 heterocycles. The Bertz CT molecular complexity index is 704. The predicted molar refractivity (Wildman–Crippen MR) is 82.2 cm³/mol. The number of hydrogen-bond donors (Lipinski definition) is 1. The molecule has 0 aliphatic heterocycles. The third-order valence-electron chi connectivity index (χ3n) is 3.28. The number of benzene rings is 3. The molecule has 94 valence electrons. The van der Waals surface area contributed by atoms with Crippen molar-refractivity contribution in [2.75, 3.05) is 0 Å². The number of fused-ring (bicyclic) bond motifs is 1. The molecule has 0 aliphatic rings. The summed E-state index contributed by atoms with van der Waals surface area (Å²) < 4.78 is 1.02. The second kappa shape index (κ2) is 5.16. The minimum absolute atomic E-state index is 0.585. The van der Waals surface area contributed by atoms with Crippen molar-refractivity contribution < 1.29 is 5.11 Å². The van der Waals surface area contributed by atoms with Gasteiger partial charge in [-0.25, -0.2) is 0 Å². The van der Waals surface area contributed by atoms with E-state index in [4.69, 9.17) is 0 Å². The SMILES string of the molecule is OC(c1ccc(Br)cc1)c1ccc2ccccc2c1. The summed E-state index contributed by atoms with van der Waals surface area (Å²) in [6, 6.07) is 22.0. The van der Waals surface area contributed by atoms with Crippen molar-refractivity contribution in [3.8, 4) is 0 Å². The first-order valence-corrected chi connectivity index (χ1v) is 6.95. The zero-order chi connectivity index (χ0) is 13.2. The van der Waals surface area contributed by atoms with E-state index in [1.807, 2.05) is 54.6 Å². The normalized spacial score (nSPS) is 12.5. The highest BCUT2D eigenvalue weighted by molar-refractivity contribution is 9.10. The van der Waals surface area contributed by atoms with Gasteiger partial charge in [-0.15, -0.1) is 0 Å². The standard InChI is InChI=1S/C17H13BrO/c18-16-9-7-13(8-10-16)17(19)15-6-5-12-3-1-2-4-14(12)11-15/h1-11,17,19H. The van der Waals surface area contributed by atoms with Crippen molar-refractivity contribution >= 4 is 26.7 Å². The van der Waals surface area contributed by atoms with Crippen LogP contribution in [-0.2, 0) is 0 Å². The van der Waals surface area contributed by atoms with E-state index < -0.39 is 6.10 Å². The van der Waals surface area contributed by atoms with Gasteiger partial charge in [-0.1, -0.05) is 64.5 Å². The summed E-state index contributed by atoms with van der Waals surface area (Å²) in [5.41, 5.74) is 1.82. The third kappa shape index (κ3) is 2.55. The molecule has 1 nitrogen and oxygen atoms in total. The van der Waals surface area contributed by atoms with Crippen LogP contribution in [0.15, 0.2) is 71.2 Å². The van der Waals surface area contributed by atoms with Gasteiger partial charge < -0.3 is 5.11 Å². The lowest BCUT2D eigenvalue weighted by atomic mass is 9.99. The average Bonchev–Trinajstić information content (AvgIpc) is 2.47. The number of hydrogen-bond acceptors (Lipinski definition) is 1. The zero-order valence-electron chi connectivity index (χ0n) is 10.3. The van der Waals surface area contributed by atoms with E-state index in [-0.39, 0.29) is 0 Å². The van der Waals surface area contributed by atoms with E-state index in [1.54, 1.807) is 0 Å². The van der Waals surface area contributed by atoms with E-state index in [0.717, 1.165) is 21.0 Å². The lowest BCUT2D eigenvalue weighted by Crippen LogP contribution is -1.99. The molecular weight excluding hydrogens is 300 g/mol. The second-order valence-electron chi connectivity index (χ2n) is 4.56. The molecule has 0 amide bonds. The van der Waals surface area contributed by atoms with Crippen LogP contribution in [0, 0.1) is 0 Å². The Morgan fingerprint density at radius 2 is 1.37 bits per heavy atom. The molecule has 0 aromatic heterocycles. The minimum atomic E-state index is -0.585. The van der Waals surface area contributed by atoms with Gasteiger partial charge in [0.1, 0.15) is 6.10 Å². The number of aliphatic hydroxyl groups excluding tert-OH is 1. The maximum absolute atomic E-state index is 10.4. The molecule has 1 N–H and O–H groups in total. The fourth-order valence-corrected chi connectivity index (χ4v) is 2.48. The van der Waals surface area contributed by atoms with E-state index in [2.05, 4.69) is 28.1 Å². The van der Waals surface area contributed by atoms with Gasteiger partial charge in [0.15, 0.2) is 0 Å². The summed E-state index contributed by atoms with van der Waals surface area (Å²) in [5, 5.41) is 12.8. The van der Waals surface area contributed by atoms with E-state index in [1.165, 1.54) is 5.39 Å². The van der Waals surface area contributed by atoms with E-state index in [0.29, 0.717) is 0 Å². The highest BCUT2D eigenvalue weighted by Crippen LogP contribution is 2.26. The molecule has 2 heteroatoms. The van der Waals surface area contributed by atoms with Crippen LogP contribution in [0.1, 0.15) is 17.2 Å². The van der Waals surface area contributed by atoms with E-state index in [9.17, 15) is 5.11 Å². The van der Waals surface area contributed by atoms with Crippen LogP contribution < -0.4 is 0 Å². The average molecular weight is 313 g/mol. The Hall–Kier alpha value is -1.64. The van der Waals surface area contributed by atoms with E-state index >= 15 is 0 Å². The Labute approximate surface area is 120 Å². The topological polar surface area (TPSA) is 20.2 Å². The molecule has 3 aromatic rings. The predicted octanol–water partition coefficient (Wildman–Crippen LogP) is 4.68. The van der Waals surface area contributed by atoms with Gasteiger partial charge in [-0.2, -0.15) is 0 Å². The summed E-state index contributed by atoms with van der Waals surface area (Å²) in [4.78, 5) is 0. The molecule has 0 saturated carbocycles. The molecule has 0 aliphatic carbocycles. The maximum Gasteiger partial charge on any atom is 0.104 e. The van der Waals surface area contributed by atoms with Gasteiger partial charge in [-0.3, -0.25) is 0 Å². The maximum atomic E-state index is 10.4. The molecule has 0 radical (unpaired) electrons. The van der Waals surface area contributed by atoms with Crippen LogP contribution >= 0.6 is 15.9 Å². The molecule has 3 aromatic carbocycles. The highest BCUT2D eigenvalue weighted by Gasteiger charge is 2.10. The van der Waals surface area contributed by atoms with Crippen LogP contribution in [0.3, 0.4) is 0 Å². The van der Waals surface area contributed by atoms with Crippen LogP contribution in [0.5, 0.6) is 0 Å². The third-order valence-corrected chi connectivity index (χ3v) is 3.80.